The summed E-state index contributed by atoms with van der Waals surface area (Å²) in [7, 11) is 0. The third-order valence-electron chi connectivity index (χ3n) is 6.11. The minimum Gasteiger partial charge on any atom is -0.395 e. The number of thioether (sulfide) groups is 1. The van der Waals surface area contributed by atoms with Gasteiger partial charge in [0.25, 0.3) is 0 Å². The monoisotopic (exact) mass is 407 g/mol. The lowest BCUT2D eigenvalue weighted by atomic mass is 9.93. The average molecular weight is 408 g/mol. The van der Waals surface area contributed by atoms with Crippen LogP contribution in [-0.4, -0.2) is 46.9 Å². The number of benzene rings is 1. The van der Waals surface area contributed by atoms with E-state index >= 15 is 0 Å². The Balaban J connectivity index is 1.46. The highest BCUT2D eigenvalue weighted by Crippen LogP contribution is 2.53. The zero-order chi connectivity index (χ0) is 20.1. The normalized spacial score (nSPS) is 22.7. The molecule has 6 nitrogen and oxygen atoms in total. The first kappa shape index (κ1) is 18.8. The van der Waals surface area contributed by atoms with Crippen LogP contribution in [0.15, 0.2) is 36.7 Å². The van der Waals surface area contributed by atoms with Crippen molar-refractivity contribution in [3.63, 3.8) is 0 Å². The van der Waals surface area contributed by atoms with Crippen LogP contribution in [0.1, 0.15) is 42.5 Å². The van der Waals surface area contributed by atoms with Gasteiger partial charge in [-0.15, -0.1) is 10.2 Å². The lowest BCUT2D eigenvalue weighted by Crippen LogP contribution is -2.28. The number of rotatable bonds is 4. The Morgan fingerprint density at radius 1 is 1.10 bits per heavy atom. The average Bonchev–Trinajstić information content (AvgIpc) is 3.49. The maximum absolute atomic E-state index is 9.80. The van der Waals surface area contributed by atoms with Crippen molar-refractivity contribution in [3.05, 3.63) is 59.4 Å². The number of aliphatic hydroxyl groups excluding tert-OH is 1. The van der Waals surface area contributed by atoms with Crippen LogP contribution >= 0.6 is 11.8 Å². The van der Waals surface area contributed by atoms with Crippen molar-refractivity contribution >= 4 is 11.8 Å². The lowest BCUT2D eigenvalue weighted by molar-refractivity contribution is 0.254. The van der Waals surface area contributed by atoms with E-state index < -0.39 is 0 Å². The molecule has 0 amide bonds. The molecule has 29 heavy (non-hydrogen) atoms. The summed E-state index contributed by atoms with van der Waals surface area (Å²) < 4.78 is 2.13. The molecule has 1 saturated carbocycles. The fourth-order valence-electron chi connectivity index (χ4n) is 4.17. The van der Waals surface area contributed by atoms with Crippen molar-refractivity contribution in [1.29, 1.82) is 0 Å². The number of hydrogen-bond acceptors (Lipinski definition) is 6. The van der Waals surface area contributed by atoms with Gasteiger partial charge in [-0.05, 0) is 37.8 Å². The smallest absolute Gasteiger partial charge is 0.159 e. The second kappa shape index (κ2) is 6.92. The van der Waals surface area contributed by atoms with Gasteiger partial charge in [0.15, 0.2) is 5.82 Å². The summed E-state index contributed by atoms with van der Waals surface area (Å²) in [6.45, 7) is 5.16. The molecule has 2 aromatic heterocycles. The summed E-state index contributed by atoms with van der Waals surface area (Å²) in [5.41, 5.74) is 3.33. The van der Waals surface area contributed by atoms with Crippen molar-refractivity contribution in [2.24, 2.45) is 0 Å². The maximum atomic E-state index is 9.80. The largest absolute Gasteiger partial charge is 0.395 e. The molecule has 0 bridgehead atoms. The summed E-state index contributed by atoms with van der Waals surface area (Å²) >= 11 is 1.83. The first-order valence-electron chi connectivity index (χ1n) is 10.1. The second-order valence-electron chi connectivity index (χ2n) is 8.47. The van der Waals surface area contributed by atoms with E-state index in [4.69, 9.17) is 0 Å². The van der Waals surface area contributed by atoms with Gasteiger partial charge in [-0.3, -0.25) is 0 Å². The molecule has 0 unspecified atom stereocenters. The third-order valence-corrected chi connectivity index (χ3v) is 7.47. The Hall–Kier alpha value is -2.25. The van der Waals surface area contributed by atoms with Crippen molar-refractivity contribution < 1.29 is 5.11 Å². The number of hydrogen-bond donors (Lipinski definition) is 1. The summed E-state index contributed by atoms with van der Waals surface area (Å²) in [6, 6.07) is 8.60. The molecule has 1 N–H and O–H groups in total. The summed E-state index contributed by atoms with van der Waals surface area (Å²) in [5.74, 6) is 3.80. The molecule has 1 aliphatic heterocycles. The highest BCUT2D eigenvalue weighted by atomic mass is 32.2. The molecule has 7 heteroatoms. The first-order valence-corrected chi connectivity index (χ1v) is 11.1. The fraction of sp³-hybridized carbons (Fsp3) is 0.455. The molecular weight excluding hydrogens is 382 g/mol. The number of aliphatic hydroxyl groups is 1. The molecule has 150 valence electrons. The Labute approximate surface area is 174 Å². The molecule has 5 rings (SSSR count). The van der Waals surface area contributed by atoms with E-state index in [0.717, 1.165) is 60.2 Å². The van der Waals surface area contributed by atoms with Crippen LogP contribution in [0.25, 0.3) is 11.4 Å². The van der Waals surface area contributed by atoms with E-state index in [0.29, 0.717) is 0 Å². The number of aromatic nitrogens is 5. The summed E-state index contributed by atoms with van der Waals surface area (Å²) in [5, 5.41) is 19.0. The zero-order valence-electron chi connectivity index (χ0n) is 16.8. The van der Waals surface area contributed by atoms with Gasteiger partial charge in [-0.2, -0.15) is 11.8 Å². The summed E-state index contributed by atoms with van der Waals surface area (Å²) in [4.78, 5) is 8.87. The topological polar surface area (TPSA) is 76.7 Å². The minimum absolute atomic E-state index is 0.0392. The minimum atomic E-state index is -0.176. The van der Waals surface area contributed by atoms with Crippen LogP contribution in [-0.2, 0) is 18.4 Å². The number of nitrogens with zero attached hydrogens (tertiary/aromatic N) is 5. The molecule has 0 saturated heterocycles. The predicted molar refractivity (Wildman–Crippen MR) is 114 cm³/mol. The third kappa shape index (κ3) is 3.26. The fourth-order valence-corrected chi connectivity index (χ4v) is 5.26. The van der Waals surface area contributed by atoms with Gasteiger partial charge < -0.3 is 9.67 Å². The number of aryl methyl sites for hydroxylation is 1. The SMILES string of the molecule is Cc1cnc(-c2ccc(C3(c4nnc5n4CCS[C@@](C)(CO)C5)CC3)cc2)nc1. The zero-order valence-corrected chi connectivity index (χ0v) is 17.6. The van der Waals surface area contributed by atoms with Gasteiger partial charge >= 0.3 is 0 Å². The van der Waals surface area contributed by atoms with Crippen LogP contribution in [0.2, 0.25) is 0 Å². The van der Waals surface area contributed by atoms with Gasteiger partial charge in [-0.25, -0.2) is 9.97 Å². The molecule has 3 aromatic rings. The molecule has 0 radical (unpaired) electrons. The Morgan fingerprint density at radius 3 is 2.48 bits per heavy atom. The number of fused-ring (bicyclic) bond motifs is 1. The van der Waals surface area contributed by atoms with Crippen LogP contribution in [0.4, 0.5) is 0 Å². The predicted octanol–water partition coefficient (Wildman–Crippen LogP) is 3.16. The van der Waals surface area contributed by atoms with E-state index in [1.807, 2.05) is 31.1 Å². The molecule has 1 aromatic carbocycles. The van der Waals surface area contributed by atoms with E-state index in [-0.39, 0.29) is 16.8 Å². The van der Waals surface area contributed by atoms with E-state index in [2.05, 4.69) is 55.9 Å². The van der Waals surface area contributed by atoms with Gasteiger partial charge in [0.05, 0.1) is 12.0 Å². The molecule has 1 fully saturated rings. The molecule has 1 atom stereocenters. The Kier molecular flexibility index (Phi) is 4.47. The Morgan fingerprint density at radius 2 is 1.83 bits per heavy atom. The quantitative estimate of drug-likeness (QED) is 0.716. The Bertz CT molecular complexity index is 1030. The standard InChI is InChI=1S/C22H25N5OS/c1-15-12-23-19(24-13-15)16-3-5-17(6-4-16)22(7-8-22)20-26-25-18-11-21(2,14-28)29-10-9-27(18)20/h3-6,12-13,28H,7-11,14H2,1-2H3/t21-/m1/s1. The van der Waals surface area contributed by atoms with E-state index in [9.17, 15) is 5.11 Å². The highest BCUT2D eigenvalue weighted by molar-refractivity contribution is 8.00. The van der Waals surface area contributed by atoms with Crippen molar-refractivity contribution in [2.75, 3.05) is 12.4 Å². The molecular formula is C22H25N5OS. The van der Waals surface area contributed by atoms with Crippen LogP contribution in [0.5, 0.6) is 0 Å². The van der Waals surface area contributed by atoms with Gasteiger partial charge in [0.1, 0.15) is 11.6 Å². The van der Waals surface area contributed by atoms with E-state index in [1.54, 1.807) is 0 Å². The van der Waals surface area contributed by atoms with E-state index in [1.165, 1.54) is 5.56 Å². The lowest BCUT2D eigenvalue weighted by Gasteiger charge is -2.23. The molecule has 1 aliphatic carbocycles. The van der Waals surface area contributed by atoms with Crippen molar-refractivity contribution in [3.8, 4) is 11.4 Å². The van der Waals surface area contributed by atoms with Gasteiger partial charge in [0.2, 0.25) is 0 Å². The van der Waals surface area contributed by atoms with Gasteiger partial charge in [0, 0.05) is 41.4 Å². The second-order valence-corrected chi connectivity index (χ2v) is 10.2. The van der Waals surface area contributed by atoms with Crippen molar-refractivity contribution in [2.45, 2.75) is 49.8 Å². The highest BCUT2D eigenvalue weighted by Gasteiger charge is 2.50. The van der Waals surface area contributed by atoms with Crippen molar-refractivity contribution in [1.82, 2.24) is 24.7 Å². The summed E-state index contributed by atoms with van der Waals surface area (Å²) in [6.07, 6.45) is 6.64. The van der Waals surface area contributed by atoms with Gasteiger partial charge in [-0.1, -0.05) is 24.3 Å². The molecule has 3 heterocycles. The maximum Gasteiger partial charge on any atom is 0.159 e. The van der Waals surface area contributed by atoms with Crippen LogP contribution in [0, 0.1) is 6.92 Å². The van der Waals surface area contributed by atoms with Crippen LogP contribution < -0.4 is 0 Å². The van der Waals surface area contributed by atoms with Crippen LogP contribution in [0.3, 0.4) is 0 Å². The molecule has 0 spiro atoms. The first-order chi connectivity index (χ1) is 14.0. The molecule has 2 aliphatic rings.